The van der Waals surface area contributed by atoms with Crippen LogP contribution >= 0.6 is 11.6 Å². The predicted molar refractivity (Wildman–Crippen MR) is 80.7 cm³/mol. The third-order valence-corrected chi connectivity index (χ3v) is 3.22. The van der Waals surface area contributed by atoms with Gasteiger partial charge in [0.25, 0.3) is 5.91 Å². The van der Waals surface area contributed by atoms with Crippen LogP contribution < -0.4 is 5.32 Å². The predicted octanol–water partition coefficient (Wildman–Crippen LogP) is 3.40. The lowest BCUT2D eigenvalue weighted by Crippen LogP contribution is -2.24. The fraction of sp³-hybridized carbons (Fsp3) is 0.333. The Hall–Kier alpha value is -1.81. The molecule has 0 aliphatic heterocycles. The van der Waals surface area contributed by atoms with Gasteiger partial charge in [-0.25, -0.2) is 4.68 Å². The number of hydrogen-bond acceptors (Lipinski definition) is 2. The quantitative estimate of drug-likeness (QED) is 0.938. The minimum Gasteiger partial charge on any atom is -0.352 e. The van der Waals surface area contributed by atoms with E-state index in [-0.39, 0.29) is 11.8 Å². The molecule has 4 nitrogen and oxygen atoms in total. The topological polar surface area (TPSA) is 46.9 Å². The number of nitrogens with zero attached hydrogens (tertiary/aromatic N) is 2. The van der Waals surface area contributed by atoms with Gasteiger partial charge < -0.3 is 5.32 Å². The van der Waals surface area contributed by atoms with Crippen LogP contribution in [0.5, 0.6) is 0 Å². The molecule has 1 N–H and O–H groups in total. The van der Waals surface area contributed by atoms with E-state index in [1.54, 1.807) is 10.9 Å². The Morgan fingerprint density at radius 3 is 2.80 bits per heavy atom. The van der Waals surface area contributed by atoms with Crippen LogP contribution in [0.4, 0.5) is 0 Å². The van der Waals surface area contributed by atoms with E-state index in [9.17, 15) is 4.79 Å². The summed E-state index contributed by atoms with van der Waals surface area (Å²) in [5, 5.41) is 7.81. The molecule has 106 valence electrons. The molecule has 20 heavy (non-hydrogen) atoms. The van der Waals surface area contributed by atoms with Crippen molar-refractivity contribution in [3.05, 3.63) is 46.7 Å². The van der Waals surface area contributed by atoms with Crippen LogP contribution in [0.15, 0.2) is 30.5 Å². The van der Waals surface area contributed by atoms with Gasteiger partial charge in [0.1, 0.15) is 0 Å². The lowest BCUT2D eigenvalue weighted by molar-refractivity contribution is 0.0954. The highest BCUT2D eigenvalue weighted by molar-refractivity contribution is 6.30. The van der Waals surface area contributed by atoms with Gasteiger partial charge in [-0.2, -0.15) is 5.10 Å². The van der Waals surface area contributed by atoms with Crippen molar-refractivity contribution in [3.63, 3.8) is 0 Å². The second-order valence-electron chi connectivity index (χ2n) is 4.85. The molecular weight excluding hydrogens is 274 g/mol. The zero-order valence-corrected chi connectivity index (χ0v) is 12.6. The summed E-state index contributed by atoms with van der Waals surface area (Å²) in [5.41, 5.74) is 2.36. The molecule has 5 heteroatoms. The molecule has 0 aliphatic carbocycles. The largest absolute Gasteiger partial charge is 0.352 e. The summed E-state index contributed by atoms with van der Waals surface area (Å²) in [5.74, 6) is 0.0820. The monoisotopic (exact) mass is 291 g/mol. The molecule has 2 aromatic rings. The fourth-order valence-electron chi connectivity index (χ4n) is 2.16. The van der Waals surface area contributed by atoms with Crippen molar-refractivity contribution in [2.75, 3.05) is 6.54 Å². The number of aromatic nitrogens is 2. The first kappa shape index (κ1) is 14.6. The zero-order valence-electron chi connectivity index (χ0n) is 11.9. The summed E-state index contributed by atoms with van der Waals surface area (Å²) >= 11 is 6.03. The van der Waals surface area contributed by atoms with Crippen molar-refractivity contribution < 1.29 is 4.79 Å². The number of benzene rings is 1. The van der Waals surface area contributed by atoms with Gasteiger partial charge in [-0.15, -0.1) is 0 Å². The van der Waals surface area contributed by atoms with E-state index < -0.39 is 0 Å². The molecule has 0 unspecified atom stereocenters. The maximum atomic E-state index is 12.1. The van der Waals surface area contributed by atoms with Crippen LogP contribution in [0.1, 0.15) is 42.7 Å². The van der Waals surface area contributed by atoms with E-state index in [4.69, 9.17) is 11.6 Å². The molecule has 1 heterocycles. The van der Waals surface area contributed by atoms with E-state index >= 15 is 0 Å². The summed E-state index contributed by atoms with van der Waals surface area (Å²) in [4.78, 5) is 12.1. The fourth-order valence-corrected chi connectivity index (χ4v) is 2.34. The summed E-state index contributed by atoms with van der Waals surface area (Å²) in [6.07, 6.45) is 1.61. The summed E-state index contributed by atoms with van der Waals surface area (Å²) in [6.45, 7) is 6.58. The van der Waals surface area contributed by atoms with Crippen molar-refractivity contribution in [1.29, 1.82) is 0 Å². The second-order valence-corrected chi connectivity index (χ2v) is 5.29. The van der Waals surface area contributed by atoms with Gasteiger partial charge in [0.15, 0.2) is 0 Å². The first-order valence-electron chi connectivity index (χ1n) is 6.66. The Morgan fingerprint density at radius 2 is 2.20 bits per heavy atom. The zero-order chi connectivity index (χ0) is 14.7. The van der Waals surface area contributed by atoms with Crippen LogP contribution in [0.25, 0.3) is 5.69 Å². The summed E-state index contributed by atoms with van der Waals surface area (Å²) in [7, 11) is 0. The van der Waals surface area contributed by atoms with E-state index in [1.807, 2.05) is 45.0 Å². The van der Waals surface area contributed by atoms with Gasteiger partial charge >= 0.3 is 0 Å². The number of carbonyl (C=O) groups excluding carboxylic acids is 1. The van der Waals surface area contributed by atoms with E-state index in [0.717, 1.165) is 11.4 Å². The van der Waals surface area contributed by atoms with Gasteiger partial charge in [0.2, 0.25) is 0 Å². The summed E-state index contributed by atoms with van der Waals surface area (Å²) in [6, 6.07) is 7.44. The van der Waals surface area contributed by atoms with Crippen LogP contribution in [0, 0.1) is 0 Å². The molecule has 0 radical (unpaired) electrons. The molecule has 1 amide bonds. The molecule has 2 rings (SSSR count). The highest BCUT2D eigenvalue weighted by Gasteiger charge is 2.20. The van der Waals surface area contributed by atoms with Gasteiger partial charge in [-0.05, 0) is 31.0 Å². The van der Waals surface area contributed by atoms with Crippen molar-refractivity contribution in [2.24, 2.45) is 0 Å². The van der Waals surface area contributed by atoms with Gasteiger partial charge in [-0.1, -0.05) is 31.5 Å². The number of hydrogen-bond donors (Lipinski definition) is 1. The maximum Gasteiger partial charge on any atom is 0.254 e. The highest BCUT2D eigenvalue weighted by Crippen LogP contribution is 2.24. The molecule has 0 fully saturated rings. The molecule has 1 aromatic heterocycles. The number of halogens is 1. The molecule has 0 saturated carbocycles. The van der Waals surface area contributed by atoms with Crippen molar-refractivity contribution >= 4 is 17.5 Å². The third kappa shape index (κ3) is 2.85. The maximum absolute atomic E-state index is 12.1. The molecule has 0 saturated heterocycles. The first-order chi connectivity index (χ1) is 9.54. The average Bonchev–Trinajstić information content (AvgIpc) is 2.83. The third-order valence-electron chi connectivity index (χ3n) is 2.99. The van der Waals surface area contributed by atoms with E-state index in [1.165, 1.54) is 0 Å². The molecular formula is C15H18ClN3O. The molecule has 1 aromatic carbocycles. The lowest BCUT2D eigenvalue weighted by Gasteiger charge is -2.12. The van der Waals surface area contributed by atoms with Crippen LogP contribution in [0.2, 0.25) is 5.02 Å². The van der Waals surface area contributed by atoms with Gasteiger partial charge in [0.05, 0.1) is 23.1 Å². The molecule has 0 spiro atoms. The summed E-state index contributed by atoms with van der Waals surface area (Å²) < 4.78 is 1.78. The standard InChI is InChI=1S/C15H18ClN3O/c1-4-17-15(20)13-9-18-19(14(13)10(2)3)12-7-5-6-11(16)8-12/h5-10H,4H2,1-3H3,(H,17,20). The SMILES string of the molecule is CCNC(=O)c1cnn(-c2cccc(Cl)c2)c1C(C)C. The van der Waals surface area contributed by atoms with Crippen LogP contribution in [-0.4, -0.2) is 22.2 Å². The smallest absolute Gasteiger partial charge is 0.254 e. The van der Waals surface area contributed by atoms with Crippen molar-refractivity contribution in [1.82, 2.24) is 15.1 Å². The van der Waals surface area contributed by atoms with Crippen molar-refractivity contribution in [3.8, 4) is 5.69 Å². The number of rotatable bonds is 4. The minimum atomic E-state index is -0.0931. The number of carbonyl (C=O) groups is 1. The molecule has 0 bridgehead atoms. The number of amides is 1. The first-order valence-corrected chi connectivity index (χ1v) is 7.04. The van der Waals surface area contributed by atoms with E-state index in [0.29, 0.717) is 17.1 Å². The van der Waals surface area contributed by atoms with Crippen molar-refractivity contribution in [2.45, 2.75) is 26.7 Å². The molecule has 0 atom stereocenters. The van der Waals surface area contributed by atoms with Gasteiger partial charge in [-0.3, -0.25) is 4.79 Å². The normalized spacial score (nSPS) is 10.8. The average molecular weight is 292 g/mol. The Morgan fingerprint density at radius 1 is 1.45 bits per heavy atom. The highest BCUT2D eigenvalue weighted by atomic mass is 35.5. The Labute approximate surface area is 123 Å². The second kappa shape index (κ2) is 6.09. The Balaban J connectivity index is 2.52. The Kier molecular flexibility index (Phi) is 4.45. The van der Waals surface area contributed by atoms with Crippen LogP contribution in [-0.2, 0) is 0 Å². The van der Waals surface area contributed by atoms with Crippen LogP contribution in [0.3, 0.4) is 0 Å². The van der Waals surface area contributed by atoms with Gasteiger partial charge in [0, 0.05) is 11.6 Å². The minimum absolute atomic E-state index is 0.0931. The number of nitrogens with one attached hydrogen (secondary N) is 1. The Bertz CT molecular complexity index is 619. The lowest BCUT2D eigenvalue weighted by atomic mass is 10.1. The molecule has 0 aliphatic rings. The van der Waals surface area contributed by atoms with E-state index in [2.05, 4.69) is 10.4 Å².